The van der Waals surface area contributed by atoms with E-state index in [-0.39, 0.29) is 11.7 Å². The van der Waals surface area contributed by atoms with Crippen molar-refractivity contribution in [2.45, 2.75) is 26.9 Å². The van der Waals surface area contributed by atoms with Crippen LogP contribution in [-0.4, -0.2) is 20.3 Å². The van der Waals surface area contributed by atoms with Gasteiger partial charge < -0.3 is 9.88 Å². The van der Waals surface area contributed by atoms with Gasteiger partial charge in [-0.2, -0.15) is 5.10 Å². The normalized spacial score (nSPS) is 11.2. The van der Waals surface area contributed by atoms with E-state index in [1.54, 1.807) is 29.1 Å². The second-order valence-electron chi connectivity index (χ2n) is 8.69. The lowest BCUT2D eigenvalue weighted by Gasteiger charge is -2.09. The SMILES string of the molecule is Cc1c(C)n(Cc2ccccc2)c2ccc(C(=O)Nc3nn(Cc4c(Cl)cccc4Cl)cc3Cl)cc12. The zero-order chi connectivity index (χ0) is 25.4. The number of amides is 1. The Morgan fingerprint density at radius 3 is 2.33 bits per heavy atom. The van der Waals surface area contributed by atoms with E-state index in [0.29, 0.717) is 27.2 Å². The molecule has 5 nitrogen and oxygen atoms in total. The monoisotopic (exact) mass is 536 g/mol. The molecule has 0 saturated carbocycles. The van der Waals surface area contributed by atoms with Gasteiger partial charge in [-0.05, 0) is 55.3 Å². The Kier molecular flexibility index (Phi) is 6.80. The number of hydrogen-bond donors (Lipinski definition) is 1. The van der Waals surface area contributed by atoms with Gasteiger partial charge in [0.1, 0.15) is 5.02 Å². The topological polar surface area (TPSA) is 51.9 Å². The van der Waals surface area contributed by atoms with E-state index in [9.17, 15) is 4.79 Å². The maximum Gasteiger partial charge on any atom is 0.256 e. The van der Waals surface area contributed by atoms with Gasteiger partial charge in [0.2, 0.25) is 0 Å². The Labute approximate surface area is 224 Å². The van der Waals surface area contributed by atoms with Gasteiger partial charge in [0.15, 0.2) is 5.82 Å². The molecule has 0 saturated heterocycles. The summed E-state index contributed by atoms with van der Waals surface area (Å²) in [4.78, 5) is 13.1. The van der Waals surface area contributed by atoms with Crippen molar-refractivity contribution in [1.82, 2.24) is 14.3 Å². The smallest absolute Gasteiger partial charge is 0.256 e. The first kappa shape index (κ1) is 24.4. The number of carbonyl (C=O) groups is 1. The fourth-order valence-corrected chi connectivity index (χ4v) is 5.06. The van der Waals surface area contributed by atoms with Crippen molar-refractivity contribution in [2.24, 2.45) is 0 Å². The largest absolute Gasteiger partial charge is 0.340 e. The van der Waals surface area contributed by atoms with E-state index in [0.717, 1.165) is 28.6 Å². The van der Waals surface area contributed by atoms with E-state index in [1.807, 2.05) is 36.4 Å². The Bertz CT molecular complexity index is 1570. The highest BCUT2D eigenvalue weighted by Gasteiger charge is 2.17. The summed E-state index contributed by atoms with van der Waals surface area (Å²) in [6.45, 7) is 5.29. The average molecular weight is 538 g/mol. The molecular weight excluding hydrogens is 515 g/mol. The zero-order valence-corrected chi connectivity index (χ0v) is 22.0. The van der Waals surface area contributed by atoms with Crippen LogP contribution in [0.15, 0.2) is 72.9 Å². The molecule has 5 aromatic rings. The van der Waals surface area contributed by atoms with Crippen molar-refractivity contribution in [3.63, 3.8) is 0 Å². The Hall–Kier alpha value is -3.25. The molecule has 0 unspecified atom stereocenters. The minimum absolute atomic E-state index is 0.277. The minimum atomic E-state index is -0.285. The molecule has 8 heteroatoms. The fraction of sp³-hybridized carbons (Fsp3) is 0.143. The van der Waals surface area contributed by atoms with Crippen molar-refractivity contribution >= 4 is 57.4 Å². The van der Waals surface area contributed by atoms with Crippen molar-refractivity contribution in [3.8, 4) is 0 Å². The third-order valence-corrected chi connectivity index (χ3v) is 7.40. The van der Waals surface area contributed by atoms with Crippen LogP contribution in [0.2, 0.25) is 15.1 Å². The quantitative estimate of drug-likeness (QED) is 0.241. The molecule has 0 aliphatic carbocycles. The van der Waals surface area contributed by atoms with Crippen LogP contribution in [0.1, 0.15) is 32.7 Å². The summed E-state index contributed by atoms with van der Waals surface area (Å²) in [6.07, 6.45) is 1.64. The number of aryl methyl sites for hydroxylation is 1. The van der Waals surface area contributed by atoms with Crippen molar-refractivity contribution in [2.75, 3.05) is 5.32 Å². The van der Waals surface area contributed by atoms with Crippen molar-refractivity contribution < 1.29 is 4.79 Å². The van der Waals surface area contributed by atoms with Crippen LogP contribution in [0.4, 0.5) is 5.82 Å². The van der Waals surface area contributed by atoms with E-state index >= 15 is 0 Å². The highest BCUT2D eigenvalue weighted by atomic mass is 35.5. The Balaban J connectivity index is 1.39. The van der Waals surface area contributed by atoms with Gasteiger partial charge in [-0.3, -0.25) is 9.48 Å². The highest BCUT2D eigenvalue weighted by molar-refractivity contribution is 6.36. The molecule has 182 valence electrons. The summed E-state index contributed by atoms with van der Waals surface area (Å²) in [7, 11) is 0. The molecule has 0 radical (unpaired) electrons. The lowest BCUT2D eigenvalue weighted by Crippen LogP contribution is -2.13. The third kappa shape index (κ3) is 4.74. The number of fused-ring (bicyclic) bond motifs is 1. The lowest BCUT2D eigenvalue weighted by atomic mass is 10.1. The summed E-state index contributed by atoms with van der Waals surface area (Å²) in [6, 6.07) is 21.4. The number of hydrogen-bond acceptors (Lipinski definition) is 2. The molecule has 3 aromatic carbocycles. The minimum Gasteiger partial charge on any atom is -0.340 e. The van der Waals surface area contributed by atoms with Crippen molar-refractivity contribution in [3.05, 3.63) is 116 Å². The Morgan fingerprint density at radius 2 is 1.61 bits per heavy atom. The van der Waals surface area contributed by atoms with Gasteiger partial charge in [-0.1, -0.05) is 71.2 Å². The van der Waals surface area contributed by atoms with Crippen LogP contribution in [-0.2, 0) is 13.1 Å². The first-order valence-electron chi connectivity index (χ1n) is 11.4. The number of aromatic nitrogens is 3. The maximum absolute atomic E-state index is 13.1. The molecule has 0 aliphatic rings. The van der Waals surface area contributed by atoms with Gasteiger partial charge in [0.25, 0.3) is 5.91 Å². The van der Waals surface area contributed by atoms with E-state index in [1.165, 1.54) is 11.3 Å². The van der Waals surface area contributed by atoms with Gasteiger partial charge in [-0.15, -0.1) is 0 Å². The van der Waals surface area contributed by atoms with E-state index in [4.69, 9.17) is 34.8 Å². The number of anilines is 1. The predicted octanol–water partition coefficient (Wildman–Crippen LogP) is 7.76. The van der Waals surface area contributed by atoms with Crippen molar-refractivity contribution in [1.29, 1.82) is 0 Å². The van der Waals surface area contributed by atoms with Crippen LogP contribution in [0, 0.1) is 13.8 Å². The number of nitrogens with one attached hydrogen (secondary N) is 1. The highest BCUT2D eigenvalue weighted by Crippen LogP contribution is 2.29. The summed E-state index contributed by atoms with van der Waals surface area (Å²) >= 11 is 18.9. The standard InChI is InChI=1S/C28H23Cl3N4O/c1-17-18(2)35(14-19-7-4-3-5-8-19)26-12-11-20(13-21(17)26)28(36)32-27-25(31)16-34(33-27)15-22-23(29)9-6-10-24(22)30/h3-13,16H,14-15H2,1-2H3,(H,32,33,36). The summed E-state index contributed by atoms with van der Waals surface area (Å²) in [5.74, 6) is -0.00724. The molecule has 2 aromatic heterocycles. The Morgan fingerprint density at radius 1 is 0.889 bits per heavy atom. The fourth-order valence-electron chi connectivity index (χ4n) is 4.35. The van der Waals surface area contributed by atoms with Crippen LogP contribution in [0.3, 0.4) is 0 Å². The number of nitrogens with zero attached hydrogens (tertiary/aromatic N) is 3. The van der Waals surface area contributed by atoms with Crippen LogP contribution < -0.4 is 5.32 Å². The molecule has 2 heterocycles. The number of carbonyl (C=O) groups excluding carboxylic acids is 1. The molecule has 36 heavy (non-hydrogen) atoms. The van der Waals surface area contributed by atoms with E-state index in [2.05, 4.69) is 41.0 Å². The van der Waals surface area contributed by atoms with Crippen LogP contribution >= 0.6 is 34.8 Å². The van der Waals surface area contributed by atoms with E-state index < -0.39 is 0 Å². The van der Waals surface area contributed by atoms with Crippen LogP contribution in [0.5, 0.6) is 0 Å². The zero-order valence-electron chi connectivity index (χ0n) is 19.7. The van der Waals surface area contributed by atoms with Gasteiger partial charge >= 0.3 is 0 Å². The first-order valence-corrected chi connectivity index (χ1v) is 12.6. The van der Waals surface area contributed by atoms with Gasteiger partial charge in [0, 0.05) is 50.5 Å². The second kappa shape index (κ2) is 10.0. The van der Waals surface area contributed by atoms with Crippen LogP contribution in [0.25, 0.3) is 10.9 Å². The summed E-state index contributed by atoms with van der Waals surface area (Å²) in [5.41, 5.74) is 5.89. The molecule has 1 amide bonds. The molecule has 0 aliphatic heterocycles. The molecule has 0 fully saturated rings. The summed E-state index contributed by atoms with van der Waals surface area (Å²) < 4.78 is 3.88. The maximum atomic E-state index is 13.1. The number of halogens is 3. The van der Waals surface area contributed by atoms with Gasteiger partial charge in [0.05, 0.1) is 6.54 Å². The summed E-state index contributed by atoms with van der Waals surface area (Å²) in [5, 5.41) is 9.71. The molecule has 0 bridgehead atoms. The first-order chi connectivity index (χ1) is 17.3. The average Bonchev–Trinajstić information content (AvgIpc) is 3.33. The molecule has 0 atom stereocenters. The number of rotatable bonds is 6. The van der Waals surface area contributed by atoms with Gasteiger partial charge in [-0.25, -0.2) is 0 Å². The number of benzene rings is 3. The second-order valence-corrected chi connectivity index (χ2v) is 9.91. The molecule has 5 rings (SSSR count). The predicted molar refractivity (Wildman–Crippen MR) is 148 cm³/mol. The lowest BCUT2D eigenvalue weighted by molar-refractivity contribution is 0.102. The third-order valence-electron chi connectivity index (χ3n) is 6.42. The molecular formula is C28H23Cl3N4O. The molecule has 1 N–H and O–H groups in total. The molecule has 0 spiro atoms.